The number of aromatic nitrogens is 1. The largest absolute Gasteiger partial charge is 0.370 e. The highest BCUT2D eigenvalue weighted by atomic mass is 35.5. The molecule has 2 unspecified atom stereocenters. The Labute approximate surface area is 119 Å². The topological polar surface area (TPSA) is 16.1 Å². The van der Waals surface area contributed by atoms with Gasteiger partial charge in [0.05, 0.1) is 5.52 Å². The smallest absolute Gasteiger partial charge is 0.0723 e. The third-order valence-corrected chi connectivity index (χ3v) is 4.13. The number of hydrogen-bond donors (Lipinski definition) is 0. The second-order valence-electron chi connectivity index (χ2n) is 5.84. The molecule has 3 rings (SSSR count). The predicted molar refractivity (Wildman–Crippen MR) is 81.9 cm³/mol. The Balaban J connectivity index is 2.06. The van der Waals surface area contributed by atoms with E-state index in [0.717, 1.165) is 40.9 Å². The minimum absolute atomic E-state index is 0.742. The van der Waals surface area contributed by atoms with Crippen molar-refractivity contribution in [3.05, 3.63) is 35.5 Å². The molecule has 19 heavy (non-hydrogen) atoms. The lowest BCUT2D eigenvalue weighted by Crippen LogP contribution is -2.38. The monoisotopic (exact) mass is 274 g/mol. The molecule has 0 saturated carbocycles. The van der Waals surface area contributed by atoms with Crippen LogP contribution in [-0.4, -0.2) is 18.1 Å². The first kappa shape index (κ1) is 12.7. The summed E-state index contributed by atoms with van der Waals surface area (Å²) in [5.41, 5.74) is 2.29. The molecule has 0 aliphatic carbocycles. The van der Waals surface area contributed by atoms with E-state index in [1.54, 1.807) is 0 Å². The first-order chi connectivity index (χ1) is 9.13. The maximum absolute atomic E-state index is 6.14. The van der Waals surface area contributed by atoms with Gasteiger partial charge in [-0.25, -0.2) is 0 Å². The zero-order chi connectivity index (χ0) is 13.4. The summed E-state index contributed by atoms with van der Waals surface area (Å²) in [6.45, 7) is 6.91. The number of piperidine rings is 1. The summed E-state index contributed by atoms with van der Waals surface area (Å²) >= 11 is 6.14. The van der Waals surface area contributed by atoms with E-state index < -0.39 is 0 Å². The Kier molecular flexibility index (Phi) is 3.36. The Morgan fingerprint density at radius 1 is 1.16 bits per heavy atom. The molecule has 0 radical (unpaired) electrons. The molecule has 1 aromatic carbocycles. The fourth-order valence-electron chi connectivity index (χ4n) is 3.24. The average Bonchev–Trinajstić information content (AvgIpc) is 2.36. The van der Waals surface area contributed by atoms with Crippen LogP contribution in [-0.2, 0) is 0 Å². The van der Waals surface area contributed by atoms with Crippen molar-refractivity contribution in [2.75, 3.05) is 18.0 Å². The van der Waals surface area contributed by atoms with Gasteiger partial charge in [-0.2, -0.15) is 0 Å². The molecule has 2 atom stereocenters. The summed E-state index contributed by atoms with van der Waals surface area (Å²) < 4.78 is 0. The fourth-order valence-corrected chi connectivity index (χ4v) is 3.41. The number of nitrogens with zero attached hydrogens (tertiary/aromatic N) is 2. The molecule has 0 N–H and O–H groups in total. The van der Waals surface area contributed by atoms with E-state index in [-0.39, 0.29) is 0 Å². The van der Waals surface area contributed by atoms with Crippen LogP contribution in [0.2, 0.25) is 5.02 Å². The van der Waals surface area contributed by atoms with Crippen LogP contribution in [0, 0.1) is 11.8 Å². The van der Waals surface area contributed by atoms with Gasteiger partial charge in [-0.1, -0.05) is 25.4 Å². The van der Waals surface area contributed by atoms with Crippen molar-refractivity contribution in [2.24, 2.45) is 11.8 Å². The van der Waals surface area contributed by atoms with E-state index in [2.05, 4.69) is 29.8 Å². The molecule has 2 nitrogen and oxygen atoms in total. The normalized spacial score (nSPS) is 23.8. The number of halogens is 1. The number of rotatable bonds is 1. The molecule has 2 heterocycles. The van der Waals surface area contributed by atoms with Gasteiger partial charge in [0.1, 0.15) is 0 Å². The van der Waals surface area contributed by atoms with Gasteiger partial charge in [-0.05, 0) is 42.5 Å². The molecular weight excluding hydrogens is 256 g/mol. The van der Waals surface area contributed by atoms with Gasteiger partial charge < -0.3 is 4.90 Å². The molecule has 0 bridgehead atoms. The molecule has 2 aromatic rings. The van der Waals surface area contributed by atoms with Crippen molar-refractivity contribution in [3.63, 3.8) is 0 Å². The van der Waals surface area contributed by atoms with Crippen LogP contribution in [0.3, 0.4) is 0 Å². The van der Waals surface area contributed by atoms with Crippen LogP contribution in [0.4, 0.5) is 5.69 Å². The van der Waals surface area contributed by atoms with E-state index in [9.17, 15) is 0 Å². The van der Waals surface area contributed by atoms with Crippen LogP contribution in [0.1, 0.15) is 20.3 Å². The lowest BCUT2D eigenvalue weighted by molar-refractivity contribution is 0.357. The molecule has 1 aliphatic heterocycles. The van der Waals surface area contributed by atoms with Crippen LogP contribution in [0.25, 0.3) is 10.9 Å². The lowest BCUT2D eigenvalue weighted by Gasteiger charge is -2.37. The number of fused-ring (bicyclic) bond motifs is 1. The zero-order valence-corrected chi connectivity index (χ0v) is 12.2. The van der Waals surface area contributed by atoms with E-state index >= 15 is 0 Å². The second kappa shape index (κ2) is 5.01. The van der Waals surface area contributed by atoms with Gasteiger partial charge in [0.15, 0.2) is 0 Å². The third-order valence-electron chi connectivity index (χ3n) is 3.89. The number of hydrogen-bond acceptors (Lipinski definition) is 2. The number of benzene rings is 1. The second-order valence-corrected chi connectivity index (χ2v) is 6.28. The van der Waals surface area contributed by atoms with Crippen molar-refractivity contribution in [1.82, 2.24) is 4.98 Å². The number of pyridine rings is 1. The third kappa shape index (κ3) is 2.55. The summed E-state index contributed by atoms with van der Waals surface area (Å²) in [7, 11) is 0. The average molecular weight is 275 g/mol. The summed E-state index contributed by atoms with van der Waals surface area (Å²) in [4.78, 5) is 6.92. The highest BCUT2D eigenvalue weighted by Crippen LogP contribution is 2.32. The van der Waals surface area contributed by atoms with Gasteiger partial charge >= 0.3 is 0 Å². The Morgan fingerprint density at radius 3 is 2.63 bits per heavy atom. The van der Waals surface area contributed by atoms with E-state index in [1.165, 1.54) is 12.1 Å². The molecule has 1 fully saturated rings. The van der Waals surface area contributed by atoms with Crippen LogP contribution >= 0.6 is 11.6 Å². The molecule has 0 spiro atoms. The van der Waals surface area contributed by atoms with Crippen LogP contribution in [0.15, 0.2) is 30.5 Å². The van der Waals surface area contributed by atoms with Gasteiger partial charge in [-0.15, -0.1) is 0 Å². The fraction of sp³-hybridized carbons (Fsp3) is 0.438. The van der Waals surface area contributed by atoms with E-state index in [0.29, 0.717) is 0 Å². The van der Waals surface area contributed by atoms with Crippen LogP contribution < -0.4 is 4.90 Å². The van der Waals surface area contributed by atoms with Crippen LogP contribution in [0.5, 0.6) is 0 Å². The Bertz CT molecular complexity index is 586. The summed E-state index contributed by atoms with van der Waals surface area (Å²) in [5.74, 6) is 1.48. The maximum atomic E-state index is 6.14. The van der Waals surface area contributed by atoms with Crippen molar-refractivity contribution in [1.29, 1.82) is 0 Å². The van der Waals surface area contributed by atoms with Gasteiger partial charge in [0, 0.05) is 35.4 Å². The molecule has 1 saturated heterocycles. The summed E-state index contributed by atoms with van der Waals surface area (Å²) in [5, 5.41) is 1.94. The Morgan fingerprint density at radius 2 is 1.89 bits per heavy atom. The lowest BCUT2D eigenvalue weighted by atomic mass is 9.91. The first-order valence-corrected chi connectivity index (χ1v) is 7.30. The van der Waals surface area contributed by atoms with Gasteiger partial charge in [-0.3, -0.25) is 4.98 Å². The summed E-state index contributed by atoms with van der Waals surface area (Å²) in [6.07, 6.45) is 3.22. The standard InChI is InChI=1S/C16H19ClN2/c1-11-7-12(2)10-19(9-11)16-5-6-18-15-4-3-13(17)8-14(15)16/h3-6,8,11-12H,7,9-10H2,1-2H3. The Hall–Kier alpha value is -1.28. The quantitative estimate of drug-likeness (QED) is 0.768. The molecule has 1 aliphatic rings. The molecule has 100 valence electrons. The van der Waals surface area contributed by atoms with E-state index in [4.69, 9.17) is 11.6 Å². The minimum Gasteiger partial charge on any atom is -0.370 e. The van der Waals surface area contributed by atoms with Crippen molar-refractivity contribution >= 4 is 28.2 Å². The molecule has 3 heteroatoms. The minimum atomic E-state index is 0.742. The maximum Gasteiger partial charge on any atom is 0.0723 e. The highest BCUT2D eigenvalue weighted by molar-refractivity contribution is 6.31. The molecule has 1 aromatic heterocycles. The zero-order valence-electron chi connectivity index (χ0n) is 11.4. The van der Waals surface area contributed by atoms with Crippen molar-refractivity contribution in [3.8, 4) is 0 Å². The predicted octanol–water partition coefficient (Wildman–Crippen LogP) is 4.37. The van der Waals surface area contributed by atoms with Crippen molar-refractivity contribution in [2.45, 2.75) is 20.3 Å². The van der Waals surface area contributed by atoms with E-state index in [1.807, 2.05) is 24.4 Å². The SMILES string of the molecule is CC1CC(C)CN(c2ccnc3ccc(Cl)cc23)C1. The van der Waals surface area contributed by atoms with Gasteiger partial charge in [0.2, 0.25) is 0 Å². The molecule has 0 amide bonds. The molecular formula is C16H19ClN2. The van der Waals surface area contributed by atoms with Crippen molar-refractivity contribution < 1.29 is 0 Å². The van der Waals surface area contributed by atoms with Gasteiger partial charge in [0.25, 0.3) is 0 Å². The first-order valence-electron chi connectivity index (χ1n) is 6.92. The highest BCUT2D eigenvalue weighted by Gasteiger charge is 2.23. The summed E-state index contributed by atoms with van der Waals surface area (Å²) in [6, 6.07) is 8.05. The number of anilines is 1.